The first-order chi connectivity index (χ1) is 13.5. The molecule has 2 aromatic carbocycles. The van der Waals surface area contributed by atoms with Crippen molar-refractivity contribution in [3.8, 4) is 5.75 Å². The fourth-order valence-corrected chi connectivity index (χ4v) is 4.91. The highest BCUT2D eigenvalue weighted by Crippen LogP contribution is 2.35. The molecule has 0 atom stereocenters. The molecule has 0 radical (unpaired) electrons. The molecule has 154 valence electrons. The minimum Gasteiger partial charge on any atom is -0.507 e. The number of aromatic amines is 1. The zero-order chi connectivity index (χ0) is 21.4. The Hall–Kier alpha value is -2.52. The highest BCUT2D eigenvalue weighted by atomic mass is 32.2. The van der Waals surface area contributed by atoms with Crippen molar-refractivity contribution in [1.29, 1.82) is 0 Å². The first kappa shape index (κ1) is 21.2. The Balaban J connectivity index is 1.97. The first-order valence-corrected chi connectivity index (χ1v) is 11.3. The Morgan fingerprint density at radius 2 is 1.86 bits per heavy atom. The number of aryl methyl sites for hydroxylation is 1. The van der Waals surface area contributed by atoms with Crippen molar-refractivity contribution in [3.63, 3.8) is 0 Å². The number of nitrogens with zero attached hydrogens (tertiary/aromatic N) is 2. The van der Waals surface area contributed by atoms with E-state index < -0.39 is 10.0 Å². The Bertz CT molecular complexity index is 1140. The number of hydrogen-bond acceptors (Lipinski definition) is 6. The Morgan fingerprint density at radius 3 is 2.48 bits per heavy atom. The van der Waals surface area contributed by atoms with E-state index in [1.807, 2.05) is 33.8 Å². The van der Waals surface area contributed by atoms with E-state index >= 15 is 0 Å². The van der Waals surface area contributed by atoms with Gasteiger partial charge in [0.05, 0.1) is 15.5 Å². The summed E-state index contributed by atoms with van der Waals surface area (Å²) in [6.45, 7) is 9.87. The Morgan fingerprint density at radius 1 is 1.14 bits per heavy atom. The minimum absolute atomic E-state index is 0.0242. The normalized spacial score (nSPS) is 12.2. The van der Waals surface area contributed by atoms with Crippen LogP contribution < -0.4 is 4.72 Å². The van der Waals surface area contributed by atoms with Crippen LogP contribution in [0.4, 0.5) is 5.69 Å². The fraction of sp³-hybridized carbons (Fsp3) is 0.300. The van der Waals surface area contributed by atoms with Gasteiger partial charge in [-0.15, -0.1) is 0 Å². The van der Waals surface area contributed by atoms with E-state index in [2.05, 4.69) is 19.9 Å². The van der Waals surface area contributed by atoms with E-state index in [1.165, 1.54) is 18.5 Å². The van der Waals surface area contributed by atoms with Crippen LogP contribution in [-0.4, -0.2) is 28.7 Å². The number of hydrogen-bond donors (Lipinski definition) is 3. The van der Waals surface area contributed by atoms with Gasteiger partial charge in [0, 0.05) is 0 Å². The van der Waals surface area contributed by atoms with E-state index in [-0.39, 0.29) is 16.1 Å². The number of rotatable bonds is 5. The van der Waals surface area contributed by atoms with Gasteiger partial charge in [-0.1, -0.05) is 26.8 Å². The molecule has 29 heavy (non-hydrogen) atoms. The van der Waals surface area contributed by atoms with Gasteiger partial charge >= 0.3 is 0 Å². The molecule has 1 aromatic heterocycles. The van der Waals surface area contributed by atoms with Crippen LogP contribution >= 0.6 is 11.8 Å². The number of benzene rings is 2. The van der Waals surface area contributed by atoms with Crippen LogP contribution in [0, 0.1) is 13.8 Å². The Kier molecular flexibility index (Phi) is 5.64. The van der Waals surface area contributed by atoms with Gasteiger partial charge in [-0.05, 0) is 72.0 Å². The zero-order valence-electron chi connectivity index (χ0n) is 16.9. The lowest BCUT2D eigenvalue weighted by Gasteiger charge is -2.22. The molecule has 0 aliphatic carbocycles. The molecule has 0 saturated heterocycles. The summed E-state index contributed by atoms with van der Waals surface area (Å²) in [5.41, 5.74) is 2.75. The van der Waals surface area contributed by atoms with Crippen LogP contribution in [0.1, 0.15) is 37.5 Å². The second-order valence-electron chi connectivity index (χ2n) is 7.85. The van der Waals surface area contributed by atoms with Gasteiger partial charge in [0.25, 0.3) is 10.0 Å². The van der Waals surface area contributed by atoms with Gasteiger partial charge in [-0.3, -0.25) is 9.82 Å². The largest absolute Gasteiger partial charge is 0.507 e. The zero-order valence-corrected chi connectivity index (χ0v) is 18.6. The molecule has 7 nitrogen and oxygen atoms in total. The molecule has 0 bridgehead atoms. The number of nitrogens with one attached hydrogen (secondary N) is 2. The topological polar surface area (TPSA) is 108 Å². The summed E-state index contributed by atoms with van der Waals surface area (Å²) in [7, 11) is -3.82. The molecule has 0 aliphatic rings. The molecule has 0 saturated carbocycles. The summed E-state index contributed by atoms with van der Waals surface area (Å²) in [4.78, 5) is 4.71. The van der Waals surface area contributed by atoms with Crippen molar-refractivity contribution < 1.29 is 13.5 Å². The Labute approximate surface area is 175 Å². The second kappa shape index (κ2) is 7.72. The molecule has 1 heterocycles. The summed E-state index contributed by atoms with van der Waals surface area (Å²) in [5.74, 6) is 0.0242. The van der Waals surface area contributed by atoms with Crippen molar-refractivity contribution in [3.05, 3.63) is 53.3 Å². The number of phenolic OH excluding ortho intramolecular Hbond substituents is 1. The average molecular weight is 433 g/mol. The number of sulfonamides is 1. The van der Waals surface area contributed by atoms with Gasteiger partial charge < -0.3 is 5.11 Å². The van der Waals surface area contributed by atoms with Crippen LogP contribution in [-0.2, 0) is 15.4 Å². The summed E-state index contributed by atoms with van der Waals surface area (Å²) < 4.78 is 28.9. The third kappa shape index (κ3) is 4.73. The predicted octanol–water partition coefficient (Wildman–Crippen LogP) is 4.38. The third-order valence-electron chi connectivity index (χ3n) is 4.59. The highest BCUT2D eigenvalue weighted by molar-refractivity contribution is 7.99. The summed E-state index contributed by atoms with van der Waals surface area (Å²) in [5, 5.41) is 17.0. The quantitative estimate of drug-likeness (QED) is 0.517. The number of aromatic nitrogens is 3. The molecule has 0 spiro atoms. The van der Waals surface area contributed by atoms with Gasteiger partial charge in [0.15, 0.2) is 5.16 Å². The molecule has 3 rings (SSSR count). The predicted molar refractivity (Wildman–Crippen MR) is 114 cm³/mol. The first-order valence-electron chi connectivity index (χ1n) is 8.98. The lowest BCUT2D eigenvalue weighted by atomic mass is 9.85. The van der Waals surface area contributed by atoms with Crippen molar-refractivity contribution in [2.75, 3.05) is 4.72 Å². The molecule has 0 amide bonds. The van der Waals surface area contributed by atoms with E-state index in [4.69, 9.17) is 0 Å². The maximum atomic E-state index is 13.2. The van der Waals surface area contributed by atoms with Gasteiger partial charge in [-0.25, -0.2) is 13.4 Å². The molecular weight excluding hydrogens is 408 g/mol. The summed E-state index contributed by atoms with van der Waals surface area (Å²) in [6, 6.07) is 8.29. The third-order valence-corrected chi connectivity index (χ3v) is 7.03. The van der Waals surface area contributed by atoms with E-state index in [0.29, 0.717) is 21.3 Å². The number of aromatic hydroxyl groups is 1. The second-order valence-corrected chi connectivity index (χ2v) is 10.5. The van der Waals surface area contributed by atoms with Crippen LogP contribution in [0.2, 0.25) is 0 Å². The average Bonchev–Trinajstić information content (AvgIpc) is 3.12. The van der Waals surface area contributed by atoms with Gasteiger partial charge in [0.2, 0.25) is 0 Å². The van der Waals surface area contributed by atoms with E-state index in [9.17, 15) is 13.5 Å². The molecule has 3 aromatic rings. The number of phenols is 1. The molecule has 0 aliphatic heterocycles. The highest BCUT2D eigenvalue weighted by Gasteiger charge is 2.23. The van der Waals surface area contributed by atoms with Crippen molar-refractivity contribution >= 4 is 27.5 Å². The summed E-state index contributed by atoms with van der Waals surface area (Å²) in [6.07, 6.45) is 1.36. The van der Waals surface area contributed by atoms with Crippen molar-refractivity contribution in [2.45, 2.75) is 55.0 Å². The molecule has 0 unspecified atom stereocenters. The number of H-pyrrole nitrogens is 1. The van der Waals surface area contributed by atoms with Crippen molar-refractivity contribution in [2.24, 2.45) is 0 Å². The molecule has 9 heteroatoms. The van der Waals surface area contributed by atoms with Crippen molar-refractivity contribution in [1.82, 2.24) is 15.2 Å². The molecular formula is C20H24N4O3S2. The smallest absolute Gasteiger partial charge is 0.262 e. The maximum absolute atomic E-state index is 13.2. The standard InChI is InChI=1S/C20H24N4O3S2/c1-12-8-14(20(3,4)5)9-18(13(12)2)29(26,27)24-15-6-7-16(25)17(10-15)28-19-21-11-22-23-19/h6-11,24-25H,1-5H3,(H,21,22,23). The van der Waals surface area contributed by atoms with Gasteiger partial charge in [0.1, 0.15) is 12.1 Å². The van der Waals surface area contributed by atoms with Crippen LogP contribution in [0.25, 0.3) is 0 Å². The maximum Gasteiger partial charge on any atom is 0.262 e. The van der Waals surface area contributed by atoms with E-state index in [0.717, 1.165) is 22.9 Å². The van der Waals surface area contributed by atoms with E-state index in [1.54, 1.807) is 19.1 Å². The minimum atomic E-state index is -3.82. The number of anilines is 1. The molecule has 0 fully saturated rings. The lowest BCUT2D eigenvalue weighted by Crippen LogP contribution is -2.18. The lowest BCUT2D eigenvalue weighted by molar-refractivity contribution is 0.462. The molecule has 3 N–H and O–H groups in total. The van der Waals surface area contributed by atoms with Crippen LogP contribution in [0.5, 0.6) is 5.75 Å². The SMILES string of the molecule is Cc1cc(C(C)(C)C)cc(S(=O)(=O)Nc2ccc(O)c(Sc3ncn[nH]3)c2)c1C. The van der Waals surface area contributed by atoms with Crippen LogP contribution in [0.3, 0.4) is 0 Å². The monoisotopic (exact) mass is 432 g/mol. The summed E-state index contributed by atoms with van der Waals surface area (Å²) >= 11 is 1.15. The van der Waals surface area contributed by atoms with Gasteiger partial charge in [-0.2, -0.15) is 5.10 Å². The van der Waals surface area contributed by atoms with Crippen LogP contribution in [0.15, 0.2) is 51.6 Å². The fourth-order valence-electron chi connectivity index (χ4n) is 2.76.